The summed E-state index contributed by atoms with van der Waals surface area (Å²) in [7, 11) is 5.38. The second kappa shape index (κ2) is 13.2. The van der Waals surface area contributed by atoms with Gasteiger partial charge in [0, 0.05) is 65.5 Å². The highest BCUT2D eigenvalue weighted by atomic mass is 127. The molecule has 0 aliphatic carbocycles. The predicted molar refractivity (Wildman–Crippen MR) is 136 cm³/mol. The number of carbonyl (C=O) groups is 1. The van der Waals surface area contributed by atoms with Crippen molar-refractivity contribution in [3.63, 3.8) is 0 Å². The van der Waals surface area contributed by atoms with E-state index in [1.54, 1.807) is 19.0 Å². The third-order valence-corrected chi connectivity index (χ3v) is 5.98. The van der Waals surface area contributed by atoms with E-state index in [1.807, 2.05) is 25.2 Å². The van der Waals surface area contributed by atoms with Crippen LogP contribution in [0.1, 0.15) is 35.2 Å². The molecule has 2 heterocycles. The van der Waals surface area contributed by atoms with Gasteiger partial charge in [0.2, 0.25) is 0 Å². The molecule has 0 aromatic heterocycles. The molecule has 2 aliphatic rings. The monoisotopic (exact) mass is 543 g/mol. The molecule has 1 aromatic rings. The van der Waals surface area contributed by atoms with Gasteiger partial charge in [0.1, 0.15) is 0 Å². The topological polar surface area (TPSA) is 69.2 Å². The lowest BCUT2D eigenvalue weighted by molar-refractivity contribution is 0.0827. The highest BCUT2D eigenvalue weighted by molar-refractivity contribution is 14.0. The Morgan fingerprint density at radius 3 is 2.68 bits per heavy atom. The lowest BCUT2D eigenvalue weighted by Gasteiger charge is -2.34. The zero-order valence-electron chi connectivity index (χ0n) is 19.1. The van der Waals surface area contributed by atoms with Crippen molar-refractivity contribution in [2.24, 2.45) is 10.9 Å². The number of ether oxygens (including phenoxy) is 1. The SMILES string of the molecule is CN=C(NCCc1cccc(C(=O)N(C)C)c1)NC1CCN(CC2CCOC2)CC1.I. The molecule has 1 aromatic carbocycles. The van der Waals surface area contributed by atoms with E-state index in [1.165, 1.54) is 13.0 Å². The number of hydrogen-bond acceptors (Lipinski definition) is 4. The molecule has 31 heavy (non-hydrogen) atoms. The first-order valence-electron chi connectivity index (χ1n) is 11.1. The number of aliphatic imine (C=N–C) groups is 1. The number of rotatable bonds is 7. The van der Waals surface area contributed by atoms with Gasteiger partial charge in [-0.05, 0) is 49.3 Å². The van der Waals surface area contributed by atoms with Crippen LogP contribution in [0.2, 0.25) is 0 Å². The van der Waals surface area contributed by atoms with Crippen LogP contribution in [-0.4, -0.2) is 88.2 Å². The van der Waals surface area contributed by atoms with Crippen LogP contribution in [0.5, 0.6) is 0 Å². The molecule has 174 valence electrons. The van der Waals surface area contributed by atoms with Crippen LogP contribution in [0.15, 0.2) is 29.3 Å². The number of nitrogens with one attached hydrogen (secondary N) is 2. The molecule has 7 nitrogen and oxygen atoms in total. The van der Waals surface area contributed by atoms with Crippen LogP contribution >= 0.6 is 24.0 Å². The highest BCUT2D eigenvalue weighted by Crippen LogP contribution is 2.17. The van der Waals surface area contributed by atoms with Gasteiger partial charge in [-0.3, -0.25) is 9.79 Å². The smallest absolute Gasteiger partial charge is 0.253 e. The van der Waals surface area contributed by atoms with Crippen molar-refractivity contribution >= 4 is 35.8 Å². The van der Waals surface area contributed by atoms with Crippen molar-refractivity contribution in [3.8, 4) is 0 Å². The Balaban J connectivity index is 0.00000341. The Labute approximate surface area is 204 Å². The summed E-state index contributed by atoms with van der Waals surface area (Å²) in [4.78, 5) is 20.7. The number of amides is 1. The molecule has 1 amide bonds. The fraction of sp³-hybridized carbons (Fsp3) is 0.652. The van der Waals surface area contributed by atoms with Crippen molar-refractivity contribution in [2.75, 3.05) is 60.5 Å². The van der Waals surface area contributed by atoms with Gasteiger partial charge in [-0.1, -0.05) is 12.1 Å². The van der Waals surface area contributed by atoms with Crippen LogP contribution in [-0.2, 0) is 11.2 Å². The van der Waals surface area contributed by atoms with Crippen LogP contribution < -0.4 is 10.6 Å². The second-order valence-corrected chi connectivity index (χ2v) is 8.60. The van der Waals surface area contributed by atoms with E-state index in [0.717, 1.165) is 75.1 Å². The minimum absolute atomic E-state index is 0. The molecule has 0 bridgehead atoms. The number of halogens is 1. The fourth-order valence-electron chi connectivity index (χ4n) is 4.18. The molecule has 8 heteroatoms. The summed E-state index contributed by atoms with van der Waals surface area (Å²) < 4.78 is 5.50. The van der Waals surface area contributed by atoms with Gasteiger partial charge in [0.15, 0.2) is 5.96 Å². The molecule has 2 fully saturated rings. The highest BCUT2D eigenvalue weighted by Gasteiger charge is 2.24. The maximum Gasteiger partial charge on any atom is 0.253 e. The second-order valence-electron chi connectivity index (χ2n) is 8.60. The predicted octanol–water partition coefficient (Wildman–Crippen LogP) is 2.21. The molecule has 0 saturated carbocycles. The quantitative estimate of drug-likeness (QED) is 0.314. The number of piperidine rings is 1. The number of guanidine groups is 1. The summed E-state index contributed by atoms with van der Waals surface area (Å²) in [6.45, 7) is 6.09. The molecule has 3 rings (SSSR count). The van der Waals surface area contributed by atoms with Crippen LogP contribution in [0.25, 0.3) is 0 Å². The van der Waals surface area contributed by atoms with Crippen molar-refractivity contribution in [3.05, 3.63) is 35.4 Å². The number of hydrogen-bond donors (Lipinski definition) is 2. The fourth-order valence-corrected chi connectivity index (χ4v) is 4.18. The van der Waals surface area contributed by atoms with Gasteiger partial charge in [-0.2, -0.15) is 0 Å². The molecular weight excluding hydrogens is 505 g/mol. The van der Waals surface area contributed by atoms with E-state index in [2.05, 4.69) is 26.6 Å². The van der Waals surface area contributed by atoms with Gasteiger partial charge in [-0.15, -0.1) is 24.0 Å². The average molecular weight is 543 g/mol. The first kappa shape index (κ1) is 25.9. The zero-order chi connectivity index (χ0) is 21.3. The van der Waals surface area contributed by atoms with Gasteiger partial charge in [-0.25, -0.2) is 0 Å². The van der Waals surface area contributed by atoms with E-state index in [-0.39, 0.29) is 29.9 Å². The Morgan fingerprint density at radius 2 is 2.03 bits per heavy atom. The van der Waals surface area contributed by atoms with E-state index in [0.29, 0.717) is 6.04 Å². The van der Waals surface area contributed by atoms with Crippen LogP contribution in [0.4, 0.5) is 0 Å². The molecule has 2 aliphatic heterocycles. The summed E-state index contributed by atoms with van der Waals surface area (Å²) in [5, 5.41) is 7.00. The molecule has 0 spiro atoms. The van der Waals surface area contributed by atoms with E-state index in [4.69, 9.17) is 4.74 Å². The number of benzene rings is 1. The lowest BCUT2D eigenvalue weighted by Crippen LogP contribution is -2.49. The Bertz CT molecular complexity index is 714. The van der Waals surface area contributed by atoms with Crippen molar-refractivity contribution in [1.82, 2.24) is 20.4 Å². The molecule has 1 unspecified atom stereocenters. The summed E-state index contributed by atoms with van der Waals surface area (Å²) in [5.41, 5.74) is 1.88. The molecule has 2 saturated heterocycles. The average Bonchev–Trinajstić information content (AvgIpc) is 3.27. The zero-order valence-corrected chi connectivity index (χ0v) is 21.4. The van der Waals surface area contributed by atoms with Gasteiger partial charge >= 0.3 is 0 Å². The first-order valence-corrected chi connectivity index (χ1v) is 11.1. The summed E-state index contributed by atoms with van der Waals surface area (Å²) in [5.74, 6) is 1.61. The number of likely N-dealkylation sites (tertiary alicyclic amines) is 1. The van der Waals surface area contributed by atoms with Gasteiger partial charge in [0.05, 0.1) is 6.61 Å². The van der Waals surface area contributed by atoms with Crippen molar-refractivity contribution < 1.29 is 9.53 Å². The molecule has 1 atom stereocenters. The standard InChI is InChI=1S/C23H37N5O2.HI/c1-24-23(25-11-7-18-5-4-6-20(15-18)22(29)27(2)3)26-21-8-12-28(13-9-21)16-19-10-14-30-17-19;/h4-6,15,19,21H,7-14,16-17H2,1-3H3,(H2,24,25,26);1H. The number of nitrogens with zero attached hydrogens (tertiary/aromatic N) is 3. The van der Waals surface area contributed by atoms with Gasteiger partial charge < -0.3 is 25.2 Å². The summed E-state index contributed by atoms with van der Waals surface area (Å²) in [6, 6.07) is 8.32. The van der Waals surface area contributed by atoms with Crippen LogP contribution in [0.3, 0.4) is 0 Å². The van der Waals surface area contributed by atoms with Crippen molar-refractivity contribution in [1.29, 1.82) is 0 Å². The summed E-state index contributed by atoms with van der Waals surface area (Å²) in [6.07, 6.45) is 4.34. The minimum atomic E-state index is 0. The molecule has 2 N–H and O–H groups in total. The number of carbonyl (C=O) groups excluding carboxylic acids is 1. The Kier molecular flexibility index (Phi) is 11.0. The molecule has 0 radical (unpaired) electrons. The van der Waals surface area contributed by atoms with E-state index < -0.39 is 0 Å². The molecular formula is C23H38IN5O2. The Hall–Kier alpha value is -1.39. The maximum atomic E-state index is 12.1. The third-order valence-electron chi connectivity index (χ3n) is 5.98. The first-order chi connectivity index (χ1) is 14.5. The third kappa shape index (κ3) is 8.23. The van der Waals surface area contributed by atoms with E-state index in [9.17, 15) is 4.79 Å². The Morgan fingerprint density at radius 1 is 1.26 bits per heavy atom. The lowest BCUT2D eigenvalue weighted by atomic mass is 10.0. The maximum absolute atomic E-state index is 12.1. The van der Waals surface area contributed by atoms with Crippen LogP contribution in [0, 0.1) is 5.92 Å². The van der Waals surface area contributed by atoms with E-state index >= 15 is 0 Å². The normalized spacial score (nSPS) is 20.2. The summed E-state index contributed by atoms with van der Waals surface area (Å²) >= 11 is 0. The van der Waals surface area contributed by atoms with Crippen molar-refractivity contribution in [2.45, 2.75) is 31.7 Å². The minimum Gasteiger partial charge on any atom is -0.381 e. The van der Waals surface area contributed by atoms with Gasteiger partial charge in [0.25, 0.3) is 5.91 Å². The largest absolute Gasteiger partial charge is 0.381 e.